The van der Waals surface area contributed by atoms with Gasteiger partial charge in [-0.15, -0.1) is 0 Å². The van der Waals surface area contributed by atoms with Crippen molar-refractivity contribution in [3.05, 3.63) is 34.4 Å². The molecule has 0 saturated carbocycles. The van der Waals surface area contributed by atoms with Crippen LogP contribution in [-0.4, -0.2) is 59.0 Å². The van der Waals surface area contributed by atoms with Crippen molar-refractivity contribution in [2.45, 2.75) is 85.1 Å². The van der Waals surface area contributed by atoms with Gasteiger partial charge in [-0.05, 0) is 65.2 Å². The molecule has 1 heterocycles. The van der Waals surface area contributed by atoms with Crippen molar-refractivity contribution in [1.29, 1.82) is 0 Å². The molecule has 2 amide bonds. The number of nitrogens with zero attached hydrogens (tertiary/aromatic N) is 1. The van der Waals surface area contributed by atoms with Gasteiger partial charge in [0.15, 0.2) is 0 Å². The lowest BCUT2D eigenvalue weighted by Crippen LogP contribution is -2.55. The van der Waals surface area contributed by atoms with Crippen LogP contribution in [0.4, 0.5) is 9.59 Å². The van der Waals surface area contributed by atoms with Crippen LogP contribution >= 0.6 is 15.9 Å². The number of amides is 2. The van der Waals surface area contributed by atoms with E-state index in [-0.39, 0.29) is 12.3 Å². The van der Waals surface area contributed by atoms with Gasteiger partial charge in [0.1, 0.15) is 23.3 Å². The largest absolute Gasteiger partial charge is 0.467 e. The molecule has 0 aliphatic heterocycles. The highest BCUT2D eigenvalue weighted by Gasteiger charge is 2.32. The Morgan fingerprint density at radius 3 is 2.11 bits per heavy atom. The second-order valence-electron chi connectivity index (χ2n) is 11.3. The number of nitrogens with one attached hydrogen (secondary N) is 2. The number of ether oxygens (including phenoxy) is 3. The molecule has 2 N–H and O–H groups in total. The topological polar surface area (TPSA) is 125 Å². The van der Waals surface area contributed by atoms with Crippen LogP contribution in [0.1, 0.15) is 61.0 Å². The van der Waals surface area contributed by atoms with Gasteiger partial charge in [0.05, 0.1) is 12.6 Å². The molecule has 0 spiro atoms. The van der Waals surface area contributed by atoms with Gasteiger partial charge in [-0.25, -0.2) is 14.4 Å². The van der Waals surface area contributed by atoms with Crippen LogP contribution in [0.3, 0.4) is 0 Å². The molecule has 0 aliphatic rings. The summed E-state index contributed by atoms with van der Waals surface area (Å²) in [4.78, 5) is 51.2. The molecule has 38 heavy (non-hydrogen) atoms. The fraction of sp³-hybridized carbons (Fsp3) is 0.556. The SMILES string of the molecule is COC(=O)[C@H](Cc1cn(C(=O)OC(C)(C)C)c2cc(Br)ccc12)NC(=O)[C@@H](NC(=O)OC(C)(C)C)C(C)C. The first-order valence-corrected chi connectivity index (χ1v) is 13.1. The van der Waals surface area contributed by atoms with Crippen molar-refractivity contribution >= 4 is 50.9 Å². The molecule has 0 aliphatic carbocycles. The van der Waals surface area contributed by atoms with E-state index in [0.29, 0.717) is 16.5 Å². The van der Waals surface area contributed by atoms with Crippen LogP contribution in [0.2, 0.25) is 0 Å². The Morgan fingerprint density at radius 2 is 1.58 bits per heavy atom. The molecule has 0 saturated heterocycles. The van der Waals surface area contributed by atoms with E-state index in [1.165, 1.54) is 11.7 Å². The molecule has 10 nitrogen and oxygen atoms in total. The number of halogens is 1. The van der Waals surface area contributed by atoms with Gasteiger partial charge in [0.2, 0.25) is 5.91 Å². The van der Waals surface area contributed by atoms with Crippen molar-refractivity contribution < 1.29 is 33.4 Å². The van der Waals surface area contributed by atoms with E-state index < -0.39 is 47.3 Å². The minimum atomic E-state index is -1.09. The van der Waals surface area contributed by atoms with E-state index in [4.69, 9.17) is 14.2 Å². The van der Waals surface area contributed by atoms with Gasteiger partial charge in [0.25, 0.3) is 0 Å². The first kappa shape index (κ1) is 31.1. The Balaban J connectivity index is 2.38. The molecular weight excluding hydrogens is 558 g/mol. The fourth-order valence-electron chi connectivity index (χ4n) is 3.68. The predicted octanol–water partition coefficient (Wildman–Crippen LogP) is 4.94. The highest BCUT2D eigenvalue weighted by atomic mass is 79.9. The number of methoxy groups -OCH3 is 1. The van der Waals surface area contributed by atoms with Crippen LogP contribution in [-0.2, 0) is 30.2 Å². The predicted molar refractivity (Wildman–Crippen MR) is 147 cm³/mol. The summed E-state index contributed by atoms with van der Waals surface area (Å²) >= 11 is 3.43. The summed E-state index contributed by atoms with van der Waals surface area (Å²) in [6.07, 6.45) is 0.300. The number of aromatic nitrogens is 1. The standard InChI is InChI=1S/C27H38BrN3O7/c1-15(2)21(30-24(34)37-26(3,4)5)22(32)29-19(23(33)36-9)12-16-14-31(25(35)38-27(6,7)8)20-13-17(28)10-11-18(16)20/h10-11,13-15,19,21H,12H2,1-9H3,(H,29,32)(H,30,34)/t19-,21-/m0/s1. The summed E-state index contributed by atoms with van der Waals surface area (Å²) in [7, 11) is 1.22. The summed E-state index contributed by atoms with van der Waals surface area (Å²) in [5.74, 6) is -1.54. The Bertz CT molecular complexity index is 1190. The second kappa shape index (κ2) is 12.2. The average molecular weight is 597 g/mol. The van der Waals surface area contributed by atoms with Gasteiger partial charge < -0.3 is 24.8 Å². The monoisotopic (exact) mass is 595 g/mol. The van der Waals surface area contributed by atoms with Crippen LogP contribution in [0.25, 0.3) is 10.9 Å². The Labute approximate surface area is 231 Å². The quantitative estimate of drug-likeness (QED) is 0.343. The van der Waals surface area contributed by atoms with Gasteiger partial charge in [0, 0.05) is 22.5 Å². The number of hydrogen-bond acceptors (Lipinski definition) is 7. The molecule has 2 rings (SSSR count). The minimum Gasteiger partial charge on any atom is -0.467 e. The van der Waals surface area contributed by atoms with Crippen LogP contribution < -0.4 is 10.6 Å². The van der Waals surface area contributed by atoms with E-state index in [0.717, 1.165) is 4.47 Å². The zero-order valence-corrected chi connectivity index (χ0v) is 25.0. The summed E-state index contributed by atoms with van der Waals surface area (Å²) < 4.78 is 17.9. The summed E-state index contributed by atoms with van der Waals surface area (Å²) in [5.41, 5.74) is -0.260. The van der Waals surface area contributed by atoms with Crippen molar-refractivity contribution in [2.75, 3.05) is 7.11 Å². The third-order valence-corrected chi connectivity index (χ3v) is 5.78. The molecule has 0 bridgehead atoms. The molecule has 11 heteroatoms. The molecule has 2 aromatic rings. The average Bonchev–Trinajstić information content (AvgIpc) is 3.11. The number of rotatable bonds is 7. The van der Waals surface area contributed by atoms with Gasteiger partial charge >= 0.3 is 18.2 Å². The summed E-state index contributed by atoms with van der Waals surface area (Å²) in [6, 6.07) is 3.35. The maximum absolute atomic E-state index is 13.2. The highest BCUT2D eigenvalue weighted by molar-refractivity contribution is 9.10. The fourth-order valence-corrected chi connectivity index (χ4v) is 4.03. The molecule has 210 valence electrons. The van der Waals surface area contributed by atoms with Gasteiger partial charge in [-0.1, -0.05) is 35.8 Å². The van der Waals surface area contributed by atoms with Crippen LogP contribution in [0, 0.1) is 5.92 Å². The lowest BCUT2D eigenvalue weighted by Gasteiger charge is -2.26. The third kappa shape index (κ3) is 8.75. The number of hydrogen-bond donors (Lipinski definition) is 2. The molecule has 0 unspecified atom stereocenters. The highest BCUT2D eigenvalue weighted by Crippen LogP contribution is 2.27. The number of carbonyl (C=O) groups excluding carboxylic acids is 4. The van der Waals surface area contributed by atoms with Crippen molar-refractivity contribution in [3.8, 4) is 0 Å². The number of benzene rings is 1. The molecular formula is C27H38BrN3O7. The van der Waals surface area contributed by atoms with E-state index in [1.807, 2.05) is 12.1 Å². The van der Waals surface area contributed by atoms with E-state index in [9.17, 15) is 19.2 Å². The Morgan fingerprint density at radius 1 is 0.974 bits per heavy atom. The van der Waals surface area contributed by atoms with Crippen molar-refractivity contribution in [1.82, 2.24) is 15.2 Å². The molecule has 2 atom stereocenters. The zero-order valence-electron chi connectivity index (χ0n) is 23.4. The van der Waals surface area contributed by atoms with Crippen LogP contribution in [0.5, 0.6) is 0 Å². The summed E-state index contributed by atoms with van der Waals surface area (Å²) in [6.45, 7) is 14.0. The molecule has 0 radical (unpaired) electrons. The minimum absolute atomic E-state index is 0.0313. The van der Waals surface area contributed by atoms with E-state index in [2.05, 4.69) is 26.6 Å². The molecule has 0 fully saturated rings. The van der Waals surface area contributed by atoms with Gasteiger partial charge in [-0.3, -0.25) is 9.36 Å². The molecule has 1 aromatic heterocycles. The smallest absolute Gasteiger partial charge is 0.419 e. The number of esters is 1. The third-order valence-electron chi connectivity index (χ3n) is 5.29. The van der Waals surface area contributed by atoms with E-state index >= 15 is 0 Å². The number of fused-ring (bicyclic) bond motifs is 1. The second-order valence-corrected chi connectivity index (χ2v) is 12.2. The van der Waals surface area contributed by atoms with E-state index in [1.54, 1.807) is 67.7 Å². The van der Waals surface area contributed by atoms with Crippen molar-refractivity contribution in [3.63, 3.8) is 0 Å². The first-order chi connectivity index (χ1) is 17.4. The summed E-state index contributed by atoms with van der Waals surface area (Å²) in [5, 5.41) is 5.98. The first-order valence-electron chi connectivity index (χ1n) is 12.3. The van der Waals surface area contributed by atoms with Crippen LogP contribution in [0.15, 0.2) is 28.9 Å². The lowest BCUT2D eigenvalue weighted by molar-refractivity contribution is -0.145. The number of alkyl carbamates (subject to hydrolysis) is 1. The lowest BCUT2D eigenvalue weighted by atomic mass is 10.0. The zero-order chi connectivity index (χ0) is 29.0. The normalized spacial score (nSPS) is 13.6. The molecule has 1 aromatic carbocycles. The maximum Gasteiger partial charge on any atom is 0.419 e. The van der Waals surface area contributed by atoms with Crippen molar-refractivity contribution in [2.24, 2.45) is 5.92 Å². The maximum atomic E-state index is 13.2. The number of carbonyl (C=O) groups is 4. The Kier molecular flexibility index (Phi) is 9.99. The Hall–Kier alpha value is -3.08. The van der Waals surface area contributed by atoms with Gasteiger partial charge in [-0.2, -0.15) is 0 Å².